The lowest BCUT2D eigenvalue weighted by atomic mass is 9.90. The first-order chi connectivity index (χ1) is 14.0. The van der Waals surface area contributed by atoms with E-state index in [0.717, 1.165) is 35.9 Å². The number of carboxylic acids is 1. The fourth-order valence-corrected chi connectivity index (χ4v) is 4.04. The minimum absolute atomic E-state index is 0. The molecule has 0 bridgehead atoms. The van der Waals surface area contributed by atoms with Crippen LogP contribution in [0.2, 0.25) is 0 Å². The number of amides is 1. The molecule has 8 nitrogen and oxygen atoms in total. The van der Waals surface area contributed by atoms with E-state index in [4.69, 9.17) is 20.6 Å². The molecule has 1 saturated carbocycles. The quantitative estimate of drug-likeness (QED) is 0.530. The van der Waals surface area contributed by atoms with Gasteiger partial charge in [0.15, 0.2) is 5.82 Å². The van der Waals surface area contributed by atoms with Gasteiger partial charge in [-0.25, -0.2) is 14.8 Å². The van der Waals surface area contributed by atoms with Gasteiger partial charge in [0.1, 0.15) is 12.3 Å². The van der Waals surface area contributed by atoms with Crippen LogP contribution in [0, 0.1) is 5.92 Å². The predicted octanol–water partition coefficient (Wildman–Crippen LogP) is 2.71. The zero-order chi connectivity index (χ0) is 20.4. The summed E-state index contributed by atoms with van der Waals surface area (Å²) >= 11 is 0. The third kappa shape index (κ3) is 4.47. The fraction of sp³-hybridized carbons (Fsp3) is 0.333. The highest BCUT2D eigenvalue weighted by Gasteiger charge is 2.35. The maximum absolute atomic E-state index is 12.0. The topological polar surface area (TPSA) is 131 Å². The lowest BCUT2D eigenvalue weighted by molar-refractivity contribution is -0.142. The number of aliphatic carboxylic acids is 1. The summed E-state index contributed by atoms with van der Waals surface area (Å²) in [6.45, 7) is -0.262. The Bertz CT molecular complexity index is 1050. The Morgan fingerprint density at radius 2 is 1.97 bits per heavy atom. The van der Waals surface area contributed by atoms with E-state index >= 15 is 0 Å². The molecule has 2 atom stereocenters. The Hall–Kier alpha value is -2.91. The monoisotopic (exact) mass is 428 g/mol. The molecule has 3 aromatic rings. The molecule has 1 amide bonds. The average Bonchev–Trinajstić information content (AvgIpc) is 3.34. The Labute approximate surface area is 180 Å². The zero-order valence-electron chi connectivity index (χ0n) is 16.3. The molecular weight excluding hydrogens is 404 g/mol. The van der Waals surface area contributed by atoms with E-state index in [1.54, 1.807) is 0 Å². The van der Waals surface area contributed by atoms with Crippen LogP contribution in [-0.4, -0.2) is 38.5 Å². The molecule has 2 aromatic heterocycles. The number of aromatic nitrogens is 3. The molecule has 4 N–H and O–H groups in total. The van der Waals surface area contributed by atoms with Gasteiger partial charge in [-0.1, -0.05) is 36.8 Å². The zero-order valence-corrected chi connectivity index (χ0v) is 17.3. The number of aromatic amines is 1. The molecule has 2 heterocycles. The van der Waals surface area contributed by atoms with Crippen LogP contribution in [0.3, 0.4) is 0 Å². The second-order valence-corrected chi connectivity index (χ2v) is 7.29. The number of H-pyrrole nitrogens is 1. The molecule has 1 aliphatic carbocycles. The maximum Gasteiger partial charge on any atom is 0.329 e. The van der Waals surface area contributed by atoms with Gasteiger partial charge in [0, 0.05) is 28.5 Å². The number of carbonyl (C=O) groups is 2. The van der Waals surface area contributed by atoms with Gasteiger partial charge in [-0.15, -0.1) is 0 Å². The number of primary amides is 1. The summed E-state index contributed by atoms with van der Waals surface area (Å²) in [5.74, 6) is -1.07. The number of ether oxygens (including phenoxy) is 1. The molecule has 1 aliphatic rings. The summed E-state index contributed by atoms with van der Waals surface area (Å²) in [6.07, 6.45) is 2.51. The van der Waals surface area contributed by atoms with Gasteiger partial charge in [-0.05, 0) is 18.9 Å². The van der Waals surface area contributed by atoms with E-state index in [0.29, 0.717) is 17.2 Å². The molecule has 158 valence electrons. The summed E-state index contributed by atoms with van der Waals surface area (Å²) in [4.78, 5) is 35.4. The van der Waals surface area contributed by atoms with E-state index < -0.39 is 5.97 Å². The number of benzene rings is 1. The van der Waals surface area contributed by atoms with Crippen LogP contribution in [0.25, 0.3) is 22.4 Å². The molecule has 4 rings (SSSR count). The highest BCUT2D eigenvalue weighted by atomic mass is 32.1. The number of fused-ring (bicyclic) bond motifs is 1. The summed E-state index contributed by atoms with van der Waals surface area (Å²) in [6, 6.07) is 11.5. The van der Waals surface area contributed by atoms with Crippen molar-refractivity contribution < 1.29 is 19.4 Å². The minimum atomic E-state index is -1.02. The summed E-state index contributed by atoms with van der Waals surface area (Å²) in [5, 5.41) is 9.58. The van der Waals surface area contributed by atoms with Crippen molar-refractivity contribution in [2.45, 2.75) is 31.8 Å². The van der Waals surface area contributed by atoms with E-state index in [1.807, 2.05) is 36.4 Å². The molecule has 9 heteroatoms. The molecule has 0 radical (unpaired) electrons. The second-order valence-electron chi connectivity index (χ2n) is 7.29. The van der Waals surface area contributed by atoms with Crippen molar-refractivity contribution in [3.05, 3.63) is 47.8 Å². The summed E-state index contributed by atoms with van der Waals surface area (Å²) in [7, 11) is 0. The minimum Gasteiger partial charge on any atom is -0.480 e. The number of nitrogens with zero attached hydrogens (tertiary/aromatic N) is 2. The van der Waals surface area contributed by atoms with Gasteiger partial charge in [-0.2, -0.15) is 13.5 Å². The van der Waals surface area contributed by atoms with Crippen LogP contribution in [0.1, 0.15) is 36.6 Å². The van der Waals surface area contributed by atoms with E-state index in [2.05, 4.69) is 9.97 Å². The highest BCUT2D eigenvalue weighted by Crippen LogP contribution is 2.41. The second kappa shape index (κ2) is 9.27. The molecule has 1 fully saturated rings. The SMILES string of the molecule is NC(=O)[C@@H]1CCCC1c1nc(-c2ccccc2)nc2[nH]c(COCC(=O)O)cc12.S. The van der Waals surface area contributed by atoms with Crippen LogP contribution >= 0.6 is 13.5 Å². The summed E-state index contributed by atoms with van der Waals surface area (Å²) < 4.78 is 5.20. The number of nitrogens with two attached hydrogens (primary N) is 1. The van der Waals surface area contributed by atoms with Crippen LogP contribution in [0.4, 0.5) is 0 Å². The first-order valence-electron chi connectivity index (χ1n) is 9.56. The van der Waals surface area contributed by atoms with Crippen LogP contribution in [0.15, 0.2) is 36.4 Å². The van der Waals surface area contributed by atoms with Crippen molar-refractivity contribution >= 4 is 36.4 Å². The van der Waals surface area contributed by atoms with E-state index in [9.17, 15) is 9.59 Å². The van der Waals surface area contributed by atoms with Crippen molar-refractivity contribution in [2.75, 3.05) is 6.61 Å². The van der Waals surface area contributed by atoms with Gasteiger partial charge < -0.3 is 20.6 Å². The van der Waals surface area contributed by atoms with Crippen LogP contribution in [0.5, 0.6) is 0 Å². The van der Waals surface area contributed by atoms with Gasteiger partial charge in [0.2, 0.25) is 5.91 Å². The number of hydrogen-bond donors (Lipinski definition) is 3. The van der Waals surface area contributed by atoms with E-state index in [1.165, 1.54) is 0 Å². The van der Waals surface area contributed by atoms with Crippen molar-refractivity contribution in [3.8, 4) is 11.4 Å². The Balaban J connectivity index is 0.00000256. The van der Waals surface area contributed by atoms with Crippen LogP contribution < -0.4 is 5.73 Å². The van der Waals surface area contributed by atoms with Gasteiger partial charge in [0.05, 0.1) is 12.3 Å². The molecular formula is C21H24N4O4S. The smallest absolute Gasteiger partial charge is 0.329 e. The number of nitrogens with one attached hydrogen (secondary N) is 1. The number of hydrogen-bond acceptors (Lipinski definition) is 5. The highest BCUT2D eigenvalue weighted by molar-refractivity contribution is 7.59. The van der Waals surface area contributed by atoms with Gasteiger partial charge in [0.25, 0.3) is 0 Å². The number of rotatable bonds is 7. The molecule has 1 aromatic carbocycles. The first-order valence-corrected chi connectivity index (χ1v) is 9.56. The summed E-state index contributed by atoms with van der Waals surface area (Å²) in [5.41, 5.74) is 8.67. The molecule has 30 heavy (non-hydrogen) atoms. The molecule has 0 spiro atoms. The standard InChI is InChI=1S/C21H22N4O4.H2S/c22-19(28)15-8-4-7-14(15)18-16-9-13(10-29-11-17(26)27)23-21(16)25-20(24-18)12-5-2-1-3-6-12;/h1-3,5-6,9,14-15H,4,7-8,10-11H2,(H2,22,28)(H,26,27)(H,23,24,25);1H2/t14?,15-;/m1./s1. The predicted molar refractivity (Wildman–Crippen MR) is 116 cm³/mol. The van der Waals surface area contributed by atoms with Crippen molar-refractivity contribution in [3.63, 3.8) is 0 Å². The maximum atomic E-state index is 12.0. The first kappa shape index (κ1) is 21.8. The molecule has 0 aliphatic heterocycles. The van der Waals surface area contributed by atoms with Gasteiger partial charge in [-0.3, -0.25) is 4.79 Å². The normalized spacial score (nSPS) is 18.3. The molecule has 0 saturated heterocycles. The van der Waals surface area contributed by atoms with Crippen molar-refractivity contribution in [1.82, 2.24) is 15.0 Å². The van der Waals surface area contributed by atoms with Crippen molar-refractivity contribution in [1.29, 1.82) is 0 Å². The van der Waals surface area contributed by atoms with Crippen LogP contribution in [-0.2, 0) is 20.9 Å². The number of carboxylic acid groups (broad SMARTS) is 1. The van der Waals surface area contributed by atoms with Crippen molar-refractivity contribution in [2.24, 2.45) is 11.7 Å². The third-order valence-electron chi connectivity index (χ3n) is 5.32. The fourth-order valence-electron chi connectivity index (χ4n) is 4.04. The third-order valence-corrected chi connectivity index (χ3v) is 5.32. The Morgan fingerprint density at radius 1 is 1.20 bits per heavy atom. The average molecular weight is 429 g/mol. The molecule has 1 unspecified atom stereocenters. The lowest BCUT2D eigenvalue weighted by Gasteiger charge is -2.17. The largest absolute Gasteiger partial charge is 0.480 e. The Morgan fingerprint density at radius 3 is 2.67 bits per heavy atom. The van der Waals surface area contributed by atoms with Gasteiger partial charge >= 0.3 is 5.97 Å². The lowest BCUT2D eigenvalue weighted by Crippen LogP contribution is -2.25. The Kier molecular flexibility index (Phi) is 6.73. The number of carbonyl (C=O) groups excluding carboxylic acids is 1. The van der Waals surface area contributed by atoms with E-state index in [-0.39, 0.29) is 44.5 Å².